The van der Waals surface area contributed by atoms with E-state index in [0.29, 0.717) is 16.9 Å². The Labute approximate surface area is 162 Å². The van der Waals surface area contributed by atoms with Gasteiger partial charge in [0.1, 0.15) is 11.1 Å². The molecule has 0 spiro atoms. The van der Waals surface area contributed by atoms with E-state index in [0.717, 1.165) is 18.4 Å². The first-order chi connectivity index (χ1) is 13.3. The largest absolute Gasteiger partial charge is 0.478 e. The number of aryl methyl sites for hydroxylation is 1. The van der Waals surface area contributed by atoms with Gasteiger partial charge in [0.15, 0.2) is 5.82 Å². The van der Waals surface area contributed by atoms with Crippen molar-refractivity contribution in [3.63, 3.8) is 0 Å². The first-order valence-electron chi connectivity index (χ1n) is 9.10. The zero-order valence-electron chi connectivity index (χ0n) is 16.4. The van der Waals surface area contributed by atoms with Crippen LogP contribution in [0.4, 0.5) is 5.82 Å². The molecule has 1 N–H and O–H groups in total. The molecule has 0 unspecified atom stereocenters. The van der Waals surface area contributed by atoms with E-state index in [-0.39, 0.29) is 27.9 Å². The number of carbonyl (C=O) groups is 1. The van der Waals surface area contributed by atoms with E-state index >= 15 is 0 Å². The minimum Gasteiger partial charge on any atom is -0.478 e. The summed E-state index contributed by atoms with van der Waals surface area (Å²) in [7, 11) is 3.52. The van der Waals surface area contributed by atoms with Crippen LogP contribution >= 0.6 is 0 Å². The van der Waals surface area contributed by atoms with Gasteiger partial charge in [-0.1, -0.05) is 19.9 Å². The fourth-order valence-corrected chi connectivity index (χ4v) is 2.86. The third-order valence-corrected chi connectivity index (χ3v) is 4.36. The number of aromatic carboxylic acids is 1. The minimum atomic E-state index is -1.20. The first kappa shape index (κ1) is 19.5. The van der Waals surface area contributed by atoms with Crippen LogP contribution in [0.25, 0.3) is 22.1 Å². The predicted molar refractivity (Wildman–Crippen MR) is 110 cm³/mol. The molecule has 2 aromatic heterocycles. The summed E-state index contributed by atoms with van der Waals surface area (Å²) in [6, 6.07) is 6.82. The normalized spacial score (nSPS) is 11.8. The van der Waals surface area contributed by atoms with Crippen LogP contribution in [0.15, 0.2) is 38.5 Å². The first-order valence-corrected chi connectivity index (χ1v) is 9.10. The zero-order chi connectivity index (χ0) is 20.4. The van der Waals surface area contributed by atoms with Gasteiger partial charge in [-0.25, -0.2) is 9.79 Å². The molecule has 3 aromatic rings. The van der Waals surface area contributed by atoms with Crippen molar-refractivity contribution in [1.29, 1.82) is 0 Å². The summed E-state index contributed by atoms with van der Waals surface area (Å²) in [6.45, 7) is 4.30. The second-order valence-electron chi connectivity index (χ2n) is 7.42. The molecule has 0 aliphatic heterocycles. The maximum absolute atomic E-state index is 13.0. The number of aromatic nitrogens is 1. The van der Waals surface area contributed by atoms with Gasteiger partial charge < -0.3 is 14.4 Å². The predicted octanol–water partition coefficient (Wildman–Crippen LogP) is 3.85. The molecule has 7 nitrogen and oxygen atoms in total. The molecular formula is C21H23N3O4. The van der Waals surface area contributed by atoms with Crippen molar-refractivity contribution in [2.45, 2.75) is 26.7 Å². The van der Waals surface area contributed by atoms with Crippen LogP contribution < -0.4 is 5.43 Å². The van der Waals surface area contributed by atoms with Crippen LogP contribution in [0.3, 0.4) is 0 Å². The van der Waals surface area contributed by atoms with E-state index in [1.54, 1.807) is 25.1 Å². The molecule has 146 valence electrons. The van der Waals surface area contributed by atoms with Gasteiger partial charge in [-0.05, 0) is 42.5 Å². The second kappa shape index (κ2) is 7.80. The van der Waals surface area contributed by atoms with Crippen LogP contribution in [-0.2, 0) is 6.42 Å². The molecule has 0 fully saturated rings. The van der Waals surface area contributed by atoms with Crippen LogP contribution in [0.2, 0.25) is 0 Å². The van der Waals surface area contributed by atoms with Crippen LogP contribution in [-0.4, -0.2) is 41.4 Å². The highest BCUT2D eigenvalue weighted by molar-refractivity contribution is 5.98. The molecule has 0 amide bonds. The third kappa shape index (κ3) is 4.03. The highest BCUT2D eigenvalue weighted by Gasteiger charge is 2.17. The summed E-state index contributed by atoms with van der Waals surface area (Å²) in [5, 5.41) is 10.1. The molecular weight excluding hydrogens is 358 g/mol. The smallest absolute Gasteiger partial charge is 0.339 e. The Hall–Kier alpha value is -3.22. The number of benzene rings is 1. The van der Waals surface area contributed by atoms with Crippen LogP contribution in [0.5, 0.6) is 0 Å². The number of carboxylic acids is 1. The molecule has 0 bridgehead atoms. The monoisotopic (exact) mass is 381 g/mol. The summed E-state index contributed by atoms with van der Waals surface area (Å²) in [5.74, 6) is -0.651. The van der Waals surface area contributed by atoms with Gasteiger partial charge in [0, 0.05) is 14.1 Å². The summed E-state index contributed by atoms with van der Waals surface area (Å²) >= 11 is 0. The van der Waals surface area contributed by atoms with Crippen molar-refractivity contribution in [1.82, 2.24) is 9.88 Å². The second-order valence-corrected chi connectivity index (χ2v) is 7.42. The van der Waals surface area contributed by atoms with E-state index in [4.69, 9.17) is 4.42 Å². The van der Waals surface area contributed by atoms with Gasteiger partial charge in [-0.2, -0.15) is 4.98 Å². The highest BCUT2D eigenvalue weighted by atomic mass is 16.4. The van der Waals surface area contributed by atoms with E-state index in [2.05, 4.69) is 23.8 Å². The number of rotatable bonds is 6. The Balaban J connectivity index is 2.20. The fourth-order valence-electron chi connectivity index (χ4n) is 2.86. The summed E-state index contributed by atoms with van der Waals surface area (Å²) in [6.07, 6.45) is 3.32. The van der Waals surface area contributed by atoms with Crippen molar-refractivity contribution < 1.29 is 14.3 Å². The van der Waals surface area contributed by atoms with Gasteiger partial charge in [-0.3, -0.25) is 4.79 Å². The zero-order valence-corrected chi connectivity index (χ0v) is 16.4. The number of carboxylic acid groups (broad SMARTS) is 1. The van der Waals surface area contributed by atoms with E-state index in [9.17, 15) is 14.7 Å². The lowest BCUT2D eigenvalue weighted by molar-refractivity contribution is 0.0697. The molecule has 1 aromatic carbocycles. The molecule has 0 aliphatic rings. The molecule has 0 saturated carbocycles. The molecule has 7 heteroatoms. The van der Waals surface area contributed by atoms with Crippen molar-refractivity contribution in [2.75, 3.05) is 14.1 Å². The number of nitrogens with zero attached hydrogens (tertiary/aromatic N) is 3. The van der Waals surface area contributed by atoms with Crippen molar-refractivity contribution in [2.24, 2.45) is 10.9 Å². The van der Waals surface area contributed by atoms with Gasteiger partial charge in [0.25, 0.3) is 0 Å². The quantitative estimate of drug-likeness (QED) is 0.396. The van der Waals surface area contributed by atoms with E-state index in [1.807, 2.05) is 12.1 Å². The molecule has 0 saturated heterocycles. The molecule has 3 rings (SSSR count). The van der Waals surface area contributed by atoms with E-state index < -0.39 is 5.97 Å². The maximum atomic E-state index is 13.0. The molecule has 0 aliphatic carbocycles. The SMILES string of the molecule is CC(C)CCc1ccc2oc3nc(N=CN(C)C)c(C(=O)O)cc3c(=O)c2c1. The Bertz CT molecular complexity index is 1130. The number of aliphatic imine (C=N–C) groups is 1. The van der Waals surface area contributed by atoms with Gasteiger partial charge in [0.05, 0.1) is 17.1 Å². The topological polar surface area (TPSA) is 96.0 Å². The number of pyridine rings is 1. The highest BCUT2D eigenvalue weighted by Crippen LogP contribution is 2.25. The Morgan fingerprint density at radius 3 is 2.68 bits per heavy atom. The maximum Gasteiger partial charge on any atom is 0.339 e. The Kier molecular flexibility index (Phi) is 5.44. The minimum absolute atomic E-state index is 0.00949. The average molecular weight is 381 g/mol. The third-order valence-electron chi connectivity index (χ3n) is 4.36. The summed E-state index contributed by atoms with van der Waals surface area (Å²) in [4.78, 5) is 34.6. The van der Waals surface area contributed by atoms with Crippen molar-refractivity contribution in [3.05, 3.63) is 45.6 Å². The molecule has 0 atom stereocenters. The fraction of sp³-hybridized carbons (Fsp3) is 0.333. The van der Waals surface area contributed by atoms with Crippen molar-refractivity contribution >= 4 is 40.2 Å². The van der Waals surface area contributed by atoms with Crippen LogP contribution in [0.1, 0.15) is 36.2 Å². The Morgan fingerprint density at radius 1 is 1.29 bits per heavy atom. The summed E-state index contributed by atoms with van der Waals surface area (Å²) < 4.78 is 5.80. The van der Waals surface area contributed by atoms with Crippen molar-refractivity contribution in [3.8, 4) is 0 Å². The number of hydrogen-bond donors (Lipinski definition) is 1. The average Bonchev–Trinajstić information content (AvgIpc) is 2.64. The van der Waals surface area contributed by atoms with E-state index in [1.165, 1.54) is 12.4 Å². The standard InChI is InChI=1S/C21H23N3O4/c1-12(2)5-6-13-7-8-17-14(9-13)18(25)15-10-16(21(26)27)19(22-11-24(3)4)23-20(15)28-17/h7-12H,5-6H2,1-4H3,(H,26,27). The van der Waals surface area contributed by atoms with Crippen LogP contribution in [0, 0.1) is 5.92 Å². The Morgan fingerprint density at radius 2 is 2.04 bits per heavy atom. The van der Waals surface area contributed by atoms with Gasteiger partial charge >= 0.3 is 5.97 Å². The molecule has 0 radical (unpaired) electrons. The lowest BCUT2D eigenvalue weighted by Crippen LogP contribution is -2.09. The summed E-state index contributed by atoms with van der Waals surface area (Å²) in [5.41, 5.74) is 1.10. The molecule has 28 heavy (non-hydrogen) atoms. The lowest BCUT2D eigenvalue weighted by atomic mass is 10.0. The molecule has 2 heterocycles. The number of hydrogen-bond acceptors (Lipinski definition) is 5. The van der Waals surface area contributed by atoms with Gasteiger partial charge in [0.2, 0.25) is 11.1 Å². The number of fused-ring (bicyclic) bond motifs is 2. The van der Waals surface area contributed by atoms with Gasteiger partial charge in [-0.15, -0.1) is 0 Å². The lowest BCUT2D eigenvalue weighted by Gasteiger charge is -2.08.